The van der Waals surface area contributed by atoms with E-state index < -0.39 is 5.60 Å². The molecule has 0 radical (unpaired) electrons. The van der Waals surface area contributed by atoms with Gasteiger partial charge in [-0.2, -0.15) is 0 Å². The van der Waals surface area contributed by atoms with Crippen molar-refractivity contribution in [2.75, 3.05) is 0 Å². The van der Waals surface area contributed by atoms with Crippen molar-refractivity contribution in [3.05, 3.63) is 47.6 Å². The number of rotatable bonds is 10. The standard InChI is InChI=1S/C20H34O/c1-7-20(6,21)16-10-15-19(5)14-9-13-18(4)12-8-11-17(2)3/h7,11,13,15,21H,1,8-10,12,14,16H2,2-6H3/b18-13-,19-15+/t20-/m0/s1. The predicted molar refractivity (Wildman–Crippen MR) is 95.5 cm³/mol. The van der Waals surface area contributed by atoms with E-state index in [1.54, 1.807) is 6.08 Å². The molecule has 120 valence electrons. The van der Waals surface area contributed by atoms with Crippen LogP contribution in [0.1, 0.15) is 73.1 Å². The van der Waals surface area contributed by atoms with Gasteiger partial charge in [-0.05, 0) is 73.1 Å². The minimum absolute atomic E-state index is 0.738. The van der Waals surface area contributed by atoms with Gasteiger partial charge in [-0.15, -0.1) is 6.58 Å². The lowest BCUT2D eigenvalue weighted by molar-refractivity contribution is 0.103. The van der Waals surface area contributed by atoms with E-state index in [0.717, 1.165) is 38.5 Å². The van der Waals surface area contributed by atoms with E-state index in [4.69, 9.17) is 0 Å². The Morgan fingerprint density at radius 1 is 0.905 bits per heavy atom. The van der Waals surface area contributed by atoms with Gasteiger partial charge in [0.25, 0.3) is 0 Å². The van der Waals surface area contributed by atoms with E-state index in [2.05, 4.69) is 52.5 Å². The van der Waals surface area contributed by atoms with Crippen LogP contribution in [-0.2, 0) is 0 Å². The van der Waals surface area contributed by atoms with E-state index >= 15 is 0 Å². The molecule has 21 heavy (non-hydrogen) atoms. The van der Waals surface area contributed by atoms with Crippen molar-refractivity contribution in [2.24, 2.45) is 0 Å². The van der Waals surface area contributed by atoms with Crippen LogP contribution in [-0.4, -0.2) is 10.7 Å². The van der Waals surface area contributed by atoms with E-state index in [1.165, 1.54) is 16.7 Å². The SMILES string of the molecule is C=C[C@](C)(O)CC/C=C(\C)CC/C=C(/C)CCC=C(C)C. The lowest BCUT2D eigenvalue weighted by atomic mass is 9.99. The fraction of sp³-hybridized carbons (Fsp3) is 0.600. The zero-order valence-corrected chi connectivity index (χ0v) is 14.7. The van der Waals surface area contributed by atoms with Crippen molar-refractivity contribution in [3.8, 4) is 0 Å². The smallest absolute Gasteiger partial charge is 0.0800 e. The Balaban J connectivity index is 3.99. The fourth-order valence-electron chi connectivity index (χ4n) is 2.05. The highest BCUT2D eigenvalue weighted by Crippen LogP contribution is 2.16. The topological polar surface area (TPSA) is 20.2 Å². The summed E-state index contributed by atoms with van der Waals surface area (Å²) in [6.07, 6.45) is 14.7. The summed E-state index contributed by atoms with van der Waals surface area (Å²) in [5.74, 6) is 0. The summed E-state index contributed by atoms with van der Waals surface area (Å²) < 4.78 is 0. The van der Waals surface area contributed by atoms with Gasteiger partial charge in [-0.3, -0.25) is 0 Å². The normalized spacial score (nSPS) is 15.5. The molecule has 0 unspecified atom stereocenters. The van der Waals surface area contributed by atoms with Crippen LogP contribution in [0.2, 0.25) is 0 Å². The van der Waals surface area contributed by atoms with Gasteiger partial charge in [0.1, 0.15) is 0 Å². The molecule has 0 saturated carbocycles. The molecule has 0 bridgehead atoms. The second kappa shape index (κ2) is 10.6. The highest BCUT2D eigenvalue weighted by molar-refractivity contribution is 5.06. The first-order valence-corrected chi connectivity index (χ1v) is 8.07. The molecule has 1 atom stereocenters. The van der Waals surface area contributed by atoms with Gasteiger partial charge in [0.2, 0.25) is 0 Å². The Kier molecular flexibility index (Phi) is 10.1. The van der Waals surface area contributed by atoms with Crippen molar-refractivity contribution < 1.29 is 5.11 Å². The van der Waals surface area contributed by atoms with Gasteiger partial charge in [0.05, 0.1) is 5.60 Å². The molecule has 0 aliphatic heterocycles. The predicted octanol–water partition coefficient (Wildman–Crippen LogP) is 6.12. The van der Waals surface area contributed by atoms with Crippen LogP contribution >= 0.6 is 0 Å². The molecular weight excluding hydrogens is 256 g/mol. The molecule has 0 aromatic rings. The van der Waals surface area contributed by atoms with Crippen LogP contribution in [0, 0.1) is 0 Å². The molecular formula is C20H34O. The Labute approximate surface area is 132 Å². The van der Waals surface area contributed by atoms with Crippen molar-refractivity contribution in [2.45, 2.75) is 78.7 Å². The van der Waals surface area contributed by atoms with E-state index in [0.29, 0.717) is 0 Å². The zero-order chi connectivity index (χ0) is 16.3. The Morgan fingerprint density at radius 2 is 1.38 bits per heavy atom. The molecule has 1 N–H and O–H groups in total. The Hall–Kier alpha value is -1.08. The molecule has 0 fully saturated rings. The number of hydrogen-bond donors (Lipinski definition) is 1. The summed E-state index contributed by atoms with van der Waals surface area (Å²) in [6.45, 7) is 14.2. The average Bonchev–Trinajstić information content (AvgIpc) is 2.38. The third-order valence-electron chi connectivity index (χ3n) is 3.71. The lowest BCUT2D eigenvalue weighted by Crippen LogP contribution is -2.19. The van der Waals surface area contributed by atoms with E-state index in [1.807, 2.05) is 6.92 Å². The van der Waals surface area contributed by atoms with Gasteiger partial charge in [0.15, 0.2) is 0 Å². The first-order chi connectivity index (χ1) is 9.76. The highest BCUT2D eigenvalue weighted by atomic mass is 16.3. The monoisotopic (exact) mass is 290 g/mol. The molecule has 0 heterocycles. The van der Waals surface area contributed by atoms with Crippen molar-refractivity contribution >= 4 is 0 Å². The summed E-state index contributed by atoms with van der Waals surface area (Å²) >= 11 is 0. The molecule has 0 spiro atoms. The maximum atomic E-state index is 9.84. The molecule has 1 heteroatoms. The van der Waals surface area contributed by atoms with Crippen molar-refractivity contribution in [1.82, 2.24) is 0 Å². The van der Waals surface area contributed by atoms with Gasteiger partial charge >= 0.3 is 0 Å². The molecule has 1 nitrogen and oxygen atoms in total. The van der Waals surface area contributed by atoms with Gasteiger partial charge < -0.3 is 5.11 Å². The zero-order valence-electron chi connectivity index (χ0n) is 14.7. The minimum atomic E-state index is -0.738. The summed E-state index contributed by atoms with van der Waals surface area (Å²) in [7, 11) is 0. The third-order valence-corrected chi connectivity index (χ3v) is 3.71. The fourth-order valence-corrected chi connectivity index (χ4v) is 2.05. The summed E-state index contributed by atoms with van der Waals surface area (Å²) in [4.78, 5) is 0. The summed E-state index contributed by atoms with van der Waals surface area (Å²) in [5.41, 5.74) is 3.55. The van der Waals surface area contributed by atoms with E-state index in [9.17, 15) is 5.11 Å². The second-order valence-electron chi connectivity index (χ2n) is 6.56. The largest absolute Gasteiger partial charge is 0.386 e. The molecule has 0 rings (SSSR count). The molecule has 0 saturated heterocycles. The Bertz CT molecular complexity index is 390. The first kappa shape index (κ1) is 19.9. The highest BCUT2D eigenvalue weighted by Gasteiger charge is 2.13. The molecule has 0 aliphatic rings. The molecule has 0 aromatic carbocycles. The van der Waals surface area contributed by atoms with Crippen LogP contribution in [0.25, 0.3) is 0 Å². The van der Waals surface area contributed by atoms with Crippen LogP contribution in [0.5, 0.6) is 0 Å². The van der Waals surface area contributed by atoms with Crippen LogP contribution < -0.4 is 0 Å². The average molecular weight is 290 g/mol. The van der Waals surface area contributed by atoms with E-state index in [-0.39, 0.29) is 0 Å². The quantitative estimate of drug-likeness (QED) is 0.480. The first-order valence-electron chi connectivity index (χ1n) is 8.07. The van der Waals surface area contributed by atoms with Gasteiger partial charge in [-0.1, -0.05) is 41.0 Å². The molecule has 0 aliphatic carbocycles. The minimum Gasteiger partial charge on any atom is -0.386 e. The third kappa shape index (κ3) is 12.4. The lowest BCUT2D eigenvalue weighted by Gasteiger charge is -2.16. The number of hydrogen-bond acceptors (Lipinski definition) is 1. The van der Waals surface area contributed by atoms with Crippen molar-refractivity contribution in [1.29, 1.82) is 0 Å². The number of allylic oxidation sites excluding steroid dienone is 6. The van der Waals surface area contributed by atoms with Gasteiger partial charge in [0, 0.05) is 0 Å². The maximum Gasteiger partial charge on any atom is 0.0800 e. The molecule has 0 amide bonds. The summed E-state index contributed by atoms with van der Waals surface area (Å²) in [6, 6.07) is 0. The number of aliphatic hydroxyl groups is 1. The maximum absolute atomic E-state index is 9.84. The summed E-state index contributed by atoms with van der Waals surface area (Å²) in [5, 5.41) is 9.84. The van der Waals surface area contributed by atoms with Crippen LogP contribution in [0.4, 0.5) is 0 Å². The van der Waals surface area contributed by atoms with Crippen LogP contribution in [0.15, 0.2) is 47.6 Å². The van der Waals surface area contributed by atoms with Gasteiger partial charge in [-0.25, -0.2) is 0 Å². The molecule has 0 aromatic heterocycles. The Morgan fingerprint density at radius 3 is 1.86 bits per heavy atom. The second-order valence-corrected chi connectivity index (χ2v) is 6.56. The van der Waals surface area contributed by atoms with Crippen molar-refractivity contribution in [3.63, 3.8) is 0 Å². The van der Waals surface area contributed by atoms with Crippen LogP contribution in [0.3, 0.4) is 0 Å².